The summed E-state index contributed by atoms with van der Waals surface area (Å²) in [7, 11) is 1.16. The van der Waals surface area contributed by atoms with Crippen molar-refractivity contribution in [2.24, 2.45) is 0 Å². The Labute approximate surface area is 60.5 Å². The van der Waals surface area contributed by atoms with E-state index in [1.807, 2.05) is 19.6 Å². The van der Waals surface area contributed by atoms with Gasteiger partial charge in [-0.3, -0.25) is 0 Å². The van der Waals surface area contributed by atoms with Crippen LogP contribution in [-0.2, 0) is 0 Å². The molecule has 0 spiro atoms. The average Bonchev–Trinajstić information content (AvgIpc) is 1.67. The largest absolute Gasteiger partial charge is 0.208 e. The van der Waals surface area contributed by atoms with Crippen molar-refractivity contribution >= 4 is 18.3 Å². The summed E-state index contributed by atoms with van der Waals surface area (Å²) < 4.78 is 0. The van der Waals surface area contributed by atoms with Gasteiger partial charge in [0.05, 0.1) is 0 Å². The van der Waals surface area contributed by atoms with Gasteiger partial charge in [-0.2, -0.15) is 0 Å². The molecule has 0 fully saturated rings. The Morgan fingerprint density at radius 2 is 1.33 bits per heavy atom. The minimum Gasteiger partial charge on any atom is -0.208 e. The third-order valence-corrected chi connectivity index (χ3v) is 1.01. The minimum atomic E-state index is -1.33. The van der Waals surface area contributed by atoms with Crippen molar-refractivity contribution in [3.05, 3.63) is 0 Å². The van der Waals surface area contributed by atoms with Gasteiger partial charge in [0.1, 0.15) is 0 Å². The Morgan fingerprint density at radius 3 is 1.33 bits per heavy atom. The van der Waals surface area contributed by atoms with Crippen molar-refractivity contribution in [1.29, 1.82) is 10.5 Å². The lowest BCUT2D eigenvalue weighted by atomic mass is 11.7. The quantitative estimate of drug-likeness (QED) is 0.488. The summed E-state index contributed by atoms with van der Waals surface area (Å²) in [6.45, 7) is 6.06. The lowest BCUT2D eigenvalue weighted by Crippen LogP contribution is -2.15. The fraction of sp³-hybridized carbons (Fsp3) is 0.600. The van der Waals surface area contributed by atoms with Crippen LogP contribution in [0.25, 0.3) is 0 Å². The molecule has 0 atom stereocenters. The Bertz CT molecular complexity index is 135. The number of hydrogen-bond donors (Lipinski definition) is 0. The van der Waals surface area contributed by atoms with E-state index in [4.69, 9.17) is 10.5 Å². The summed E-state index contributed by atoms with van der Waals surface area (Å²) in [6.07, 6.45) is 0. The maximum absolute atomic E-state index is 8.21. The zero-order valence-corrected chi connectivity index (χ0v) is 7.89. The van der Waals surface area contributed by atoms with Crippen LogP contribution in [-0.4, -0.2) is 18.3 Å². The molecule has 0 aromatic rings. The molecule has 4 heteroatoms. The lowest BCUT2D eigenvalue weighted by molar-refractivity contribution is 1.53. The van der Waals surface area contributed by atoms with Gasteiger partial charge in [0.2, 0.25) is 0 Å². The highest BCUT2D eigenvalue weighted by Gasteiger charge is 2.09. The van der Waals surface area contributed by atoms with Crippen LogP contribution in [0.5, 0.6) is 0 Å². The monoisotopic (exact) mass is 153 g/mol. The van der Waals surface area contributed by atoms with Crippen molar-refractivity contribution in [2.45, 2.75) is 19.6 Å². The van der Waals surface area contributed by atoms with Crippen molar-refractivity contribution in [2.75, 3.05) is 0 Å². The van der Waals surface area contributed by atoms with Crippen molar-refractivity contribution < 1.29 is 0 Å². The Kier molecular flexibility index (Phi) is 6.93. The molecule has 2 nitrogen and oxygen atoms in total. The third kappa shape index (κ3) is 37.3. The molecule has 0 aliphatic carbocycles. The zero-order chi connectivity index (χ0) is 7.91. The summed E-state index contributed by atoms with van der Waals surface area (Å²) in [5, 5.41) is 15.4. The van der Waals surface area contributed by atoms with E-state index in [-0.39, 0.29) is 0 Å². The van der Waals surface area contributed by atoms with Gasteiger partial charge < -0.3 is 0 Å². The number of hydrogen-bond acceptors (Lipinski definition) is 2. The molecule has 0 aromatic heterocycles. The molecule has 0 aliphatic rings. The minimum absolute atomic E-state index is 1.33. The van der Waals surface area contributed by atoms with E-state index in [9.17, 15) is 0 Å². The maximum atomic E-state index is 8.21. The Morgan fingerprint density at radius 1 is 1.22 bits per heavy atom. The van der Waals surface area contributed by atoms with Gasteiger partial charge >= 0.3 is 0 Å². The van der Waals surface area contributed by atoms with E-state index in [1.165, 1.54) is 0 Å². The first-order valence-corrected chi connectivity index (χ1v) is 6.45. The molecule has 0 amide bonds. The van der Waals surface area contributed by atoms with Gasteiger partial charge in [-0.05, 0) is 0 Å². The second-order valence-electron chi connectivity index (χ2n) is 2.47. The van der Waals surface area contributed by atoms with Gasteiger partial charge in [-0.1, -0.05) is 19.6 Å². The van der Waals surface area contributed by atoms with Crippen LogP contribution in [0, 0.1) is 21.9 Å². The molecule has 3 radical (unpaired) electrons. The van der Waals surface area contributed by atoms with Crippen molar-refractivity contribution in [3.8, 4) is 11.4 Å². The molecule has 0 rings (SSSR count). The lowest BCUT2D eigenvalue weighted by Gasteiger charge is -1.96. The van der Waals surface area contributed by atoms with Crippen LogP contribution >= 0.6 is 0 Å². The second kappa shape index (κ2) is 5.55. The predicted octanol–water partition coefficient (Wildman–Crippen LogP) is 1.02. The van der Waals surface area contributed by atoms with E-state index in [2.05, 4.69) is 15.9 Å². The summed E-state index contributed by atoms with van der Waals surface area (Å²) in [6, 6.07) is 0. The summed E-state index contributed by atoms with van der Waals surface area (Å²) in [5.41, 5.74) is 3.80. The standard InChI is InChI=1S/C4H9NSi.CNSi/c1-6(2,3)4-5;2-1-3/h1-3H3;. The summed E-state index contributed by atoms with van der Waals surface area (Å²) in [5.74, 6) is 0. The van der Waals surface area contributed by atoms with Crippen LogP contribution < -0.4 is 0 Å². The molecule has 0 saturated carbocycles. The number of nitrogens with zero attached hydrogens (tertiary/aromatic N) is 2. The van der Waals surface area contributed by atoms with Crippen molar-refractivity contribution in [1.82, 2.24) is 0 Å². The molecular formula is C5H9N2Si2. The fourth-order valence-corrected chi connectivity index (χ4v) is 0. The van der Waals surface area contributed by atoms with Crippen LogP contribution in [0.2, 0.25) is 19.6 Å². The van der Waals surface area contributed by atoms with E-state index in [1.54, 1.807) is 5.69 Å². The fourth-order valence-electron chi connectivity index (χ4n) is 0. The Balaban J connectivity index is 0. The van der Waals surface area contributed by atoms with E-state index in [0.29, 0.717) is 0 Å². The SMILES string of the molecule is C[Si](C)(C)C#N.N#C[Si]. The smallest absolute Gasteiger partial charge is 0.189 e. The molecule has 9 heavy (non-hydrogen) atoms. The summed E-state index contributed by atoms with van der Waals surface area (Å²) >= 11 is 0. The first kappa shape index (κ1) is 11.2. The predicted molar refractivity (Wildman–Crippen MR) is 40.3 cm³/mol. The van der Waals surface area contributed by atoms with Gasteiger partial charge in [0, 0.05) is 11.4 Å². The van der Waals surface area contributed by atoms with E-state index >= 15 is 0 Å². The first-order chi connectivity index (χ1) is 3.97. The molecule has 47 valence electrons. The zero-order valence-electron chi connectivity index (χ0n) is 5.89. The van der Waals surface area contributed by atoms with E-state index < -0.39 is 8.07 Å². The first-order valence-electron chi connectivity index (χ1n) is 2.45. The molecule has 0 bridgehead atoms. The van der Waals surface area contributed by atoms with Crippen LogP contribution in [0.1, 0.15) is 0 Å². The van der Waals surface area contributed by atoms with Gasteiger partial charge in [-0.25, -0.2) is 10.5 Å². The van der Waals surface area contributed by atoms with Crippen LogP contribution in [0.4, 0.5) is 0 Å². The van der Waals surface area contributed by atoms with Gasteiger partial charge in [-0.15, -0.1) is 0 Å². The average molecular weight is 153 g/mol. The maximum Gasteiger partial charge on any atom is 0.189 e. The highest BCUT2D eigenvalue weighted by atomic mass is 28.3. The number of nitriles is 2. The molecule has 0 aliphatic heterocycles. The topological polar surface area (TPSA) is 47.6 Å². The Hall–Kier alpha value is -0.586. The highest BCUT2D eigenvalue weighted by Crippen LogP contribution is 1.94. The molecule has 0 N–H and O–H groups in total. The summed E-state index contributed by atoms with van der Waals surface area (Å²) in [4.78, 5) is 0. The molecule has 0 aromatic carbocycles. The second-order valence-corrected chi connectivity index (χ2v) is 7.42. The van der Waals surface area contributed by atoms with Crippen LogP contribution in [0.3, 0.4) is 0 Å². The number of rotatable bonds is 0. The van der Waals surface area contributed by atoms with E-state index in [0.717, 1.165) is 0 Å². The van der Waals surface area contributed by atoms with Crippen LogP contribution in [0.15, 0.2) is 0 Å². The van der Waals surface area contributed by atoms with Gasteiger partial charge in [0.15, 0.2) is 18.3 Å². The highest BCUT2D eigenvalue weighted by molar-refractivity contribution is 6.83. The molecular weight excluding hydrogens is 144 g/mol. The third-order valence-electron chi connectivity index (χ3n) is 0.335. The molecule has 0 unspecified atom stereocenters. The van der Waals surface area contributed by atoms with Gasteiger partial charge in [0.25, 0.3) is 0 Å². The molecule has 0 saturated heterocycles. The van der Waals surface area contributed by atoms with Crippen molar-refractivity contribution in [3.63, 3.8) is 0 Å². The molecule has 0 heterocycles. The normalized spacial score (nSPS) is 7.78.